The number of aryl methyl sites for hydroxylation is 2. The molecule has 0 saturated carbocycles. The first-order valence-corrected chi connectivity index (χ1v) is 11.7. The lowest BCUT2D eigenvalue weighted by Gasteiger charge is -2.18. The molecule has 0 radical (unpaired) electrons. The van der Waals surface area contributed by atoms with Crippen LogP contribution in [0.4, 0.5) is 0 Å². The molecule has 33 heavy (non-hydrogen) atoms. The van der Waals surface area contributed by atoms with Crippen LogP contribution < -0.4 is 0 Å². The van der Waals surface area contributed by atoms with Crippen LogP contribution in [0.15, 0.2) is 126 Å². The van der Waals surface area contributed by atoms with Gasteiger partial charge in [-0.15, -0.1) is 0 Å². The lowest BCUT2D eigenvalue weighted by molar-refractivity contribution is 0.567. The Morgan fingerprint density at radius 3 is 1.64 bits per heavy atom. The van der Waals surface area contributed by atoms with Crippen LogP contribution >= 0.6 is 0 Å². The largest absolute Gasteiger partial charge is 0.473 e. The summed E-state index contributed by atoms with van der Waals surface area (Å²) < 4.78 is 4.58. The van der Waals surface area contributed by atoms with Gasteiger partial charge in [0.05, 0.1) is 12.5 Å². The van der Waals surface area contributed by atoms with Gasteiger partial charge in [0.15, 0.2) is 0 Å². The third-order valence-corrected chi connectivity index (χ3v) is 6.34. The summed E-state index contributed by atoms with van der Waals surface area (Å²) in [7, 11) is 0. The molecule has 5 aromatic carbocycles. The minimum Gasteiger partial charge on any atom is -0.473 e. The molecule has 162 valence electrons. The SMILES string of the molecule is c1ccc2c(c1)ccc1c3c(ccc12)CCCC3.c1ccc2ccccc2c1.c1ccoc1. The Labute approximate surface area is 195 Å². The Kier molecular flexibility index (Phi) is 6.49. The van der Waals surface area contributed by atoms with Crippen molar-refractivity contribution >= 4 is 32.3 Å². The van der Waals surface area contributed by atoms with Gasteiger partial charge in [-0.1, -0.05) is 97.1 Å². The van der Waals surface area contributed by atoms with Gasteiger partial charge >= 0.3 is 0 Å². The third kappa shape index (κ3) is 4.83. The molecule has 0 bridgehead atoms. The van der Waals surface area contributed by atoms with Crippen LogP contribution in [0.1, 0.15) is 24.0 Å². The molecule has 0 unspecified atom stereocenters. The molecule has 0 spiro atoms. The number of rotatable bonds is 0. The summed E-state index contributed by atoms with van der Waals surface area (Å²) in [4.78, 5) is 0. The number of benzene rings is 5. The molecule has 1 aliphatic rings. The van der Waals surface area contributed by atoms with Gasteiger partial charge in [-0.2, -0.15) is 0 Å². The second-order valence-corrected chi connectivity index (χ2v) is 8.43. The zero-order valence-corrected chi connectivity index (χ0v) is 18.8. The smallest absolute Gasteiger partial charge is 0.0902 e. The Hall–Kier alpha value is -3.84. The van der Waals surface area contributed by atoms with Gasteiger partial charge in [0.1, 0.15) is 0 Å². The molecular weight excluding hydrogens is 400 g/mol. The van der Waals surface area contributed by atoms with E-state index in [1.807, 2.05) is 12.1 Å². The summed E-state index contributed by atoms with van der Waals surface area (Å²) in [5.41, 5.74) is 3.17. The van der Waals surface area contributed by atoms with Crippen LogP contribution in [0.25, 0.3) is 32.3 Å². The van der Waals surface area contributed by atoms with E-state index in [0.29, 0.717) is 0 Å². The molecule has 1 heteroatoms. The van der Waals surface area contributed by atoms with Crippen LogP contribution in [0.5, 0.6) is 0 Å². The molecule has 0 N–H and O–H groups in total. The minimum absolute atomic E-state index is 1.25. The van der Waals surface area contributed by atoms with E-state index >= 15 is 0 Å². The van der Waals surface area contributed by atoms with Gasteiger partial charge in [0, 0.05) is 0 Å². The van der Waals surface area contributed by atoms with E-state index < -0.39 is 0 Å². The Morgan fingerprint density at radius 2 is 1.00 bits per heavy atom. The van der Waals surface area contributed by atoms with Gasteiger partial charge in [0.2, 0.25) is 0 Å². The van der Waals surface area contributed by atoms with E-state index in [2.05, 4.69) is 101 Å². The Balaban J connectivity index is 0.000000127. The average molecular weight is 429 g/mol. The van der Waals surface area contributed by atoms with Crippen molar-refractivity contribution in [2.75, 3.05) is 0 Å². The summed E-state index contributed by atoms with van der Waals surface area (Å²) in [5.74, 6) is 0. The molecule has 1 nitrogen and oxygen atoms in total. The van der Waals surface area contributed by atoms with Gasteiger partial charge in [-0.3, -0.25) is 0 Å². The van der Waals surface area contributed by atoms with Crippen molar-refractivity contribution in [1.82, 2.24) is 0 Å². The van der Waals surface area contributed by atoms with E-state index in [1.165, 1.54) is 58.0 Å². The highest BCUT2D eigenvalue weighted by molar-refractivity contribution is 6.08. The number of fused-ring (bicyclic) bond motifs is 6. The maximum Gasteiger partial charge on any atom is 0.0902 e. The quantitative estimate of drug-likeness (QED) is 0.220. The number of hydrogen-bond acceptors (Lipinski definition) is 1. The number of furan rings is 1. The van der Waals surface area contributed by atoms with Crippen LogP contribution in [0.3, 0.4) is 0 Å². The zero-order valence-electron chi connectivity index (χ0n) is 18.8. The summed E-state index contributed by atoms with van der Waals surface area (Å²) in [6.07, 6.45) is 8.47. The normalized spacial score (nSPS) is 12.4. The molecule has 0 aliphatic heterocycles. The van der Waals surface area contributed by atoms with Crippen molar-refractivity contribution in [3.05, 3.63) is 133 Å². The van der Waals surface area contributed by atoms with Gasteiger partial charge < -0.3 is 4.42 Å². The molecule has 7 rings (SSSR count). The van der Waals surface area contributed by atoms with Gasteiger partial charge in [-0.25, -0.2) is 0 Å². The fourth-order valence-electron chi connectivity index (χ4n) is 4.70. The van der Waals surface area contributed by atoms with Crippen molar-refractivity contribution in [2.45, 2.75) is 25.7 Å². The van der Waals surface area contributed by atoms with Gasteiger partial charge in [0.25, 0.3) is 0 Å². The molecular formula is C32H28O. The molecule has 0 amide bonds. The fraction of sp³-hybridized carbons (Fsp3) is 0.125. The lowest BCUT2D eigenvalue weighted by Crippen LogP contribution is -2.02. The van der Waals surface area contributed by atoms with E-state index in [9.17, 15) is 0 Å². The Bertz CT molecular complexity index is 1380. The molecule has 1 heterocycles. The first-order chi connectivity index (χ1) is 16.4. The lowest BCUT2D eigenvalue weighted by atomic mass is 9.86. The first kappa shape index (κ1) is 21.0. The maximum atomic E-state index is 4.58. The highest BCUT2D eigenvalue weighted by Gasteiger charge is 2.13. The fourth-order valence-corrected chi connectivity index (χ4v) is 4.70. The standard InChI is InChI=1S/C18H16.C10H8.C4H4O/c1-3-7-15-13(5-1)9-11-18-16-8-4-2-6-14(16)10-12-17(15)18;1-2-6-10-8-4-3-7-9(10)5-1;1-2-4-5-3-1/h1,3,5,7,9-12H,2,4,6,8H2;1-8H;1-4H. The van der Waals surface area contributed by atoms with Crippen LogP contribution in [0, 0.1) is 0 Å². The van der Waals surface area contributed by atoms with E-state index in [4.69, 9.17) is 0 Å². The van der Waals surface area contributed by atoms with E-state index in [0.717, 1.165) is 0 Å². The summed E-state index contributed by atoms with van der Waals surface area (Å²) in [5, 5.41) is 8.26. The zero-order chi connectivity index (χ0) is 22.3. The average Bonchev–Trinajstić information content (AvgIpc) is 3.49. The molecule has 1 aromatic heterocycles. The molecule has 6 aromatic rings. The topological polar surface area (TPSA) is 13.1 Å². The van der Waals surface area contributed by atoms with Crippen molar-refractivity contribution < 1.29 is 4.42 Å². The number of hydrogen-bond donors (Lipinski definition) is 0. The van der Waals surface area contributed by atoms with Gasteiger partial charge in [-0.05, 0) is 81.3 Å². The monoisotopic (exact) mass is 428 g/mol. The van der Waals surface area contributed by atoms with E-state index in [-0.39, 0.29) is 0 Å². The van der Waals surface area contributed by atoms with Crippen LogP contribution in [0.2, 0.25) is 0 Å². The maximum absolute atomic E-state index is 4.58. The molecule has 0 atom stereocenters. The first-order valence-electron chi connectivity index (χ1n) is 11.7. The van der Waals surface area contributed by atoms with Crippen molar-refractivity contribution in [3.8, 4) is 0 Å². The highest BCUT2D eigenvalue weighted by atomic mass is 16.3. The predicted octanol–water partition coefficient (Wildman–Crippen LogP) is 8.99. The summed E-state index contributed by atoms with van der Waals surface area (Å²) in [6, 6.07) is 38.3. The molecule has 0 saturated heterocycles. The Morgan fingerprint density at radius 1 is 0.424 bits per heavy atom. The third-order valence-electron chi connectivity index (χ3n) is 6.34. The minimum atomic E-state index is 1.25. The second kappa shape index (κ2) is 10.2. The van der Waals surface area contributed by atoms with Crippen LogP contribution in [-0.2, 0) is 12.8 Å². The second-order valence-electron chi connectivity index (χ2n) is 8.43. The molecule has 1 aliphatic carbocycles. The van der Waals surface area contributed by atoms with Crippen molar-refractivity contribution in [1.29, 1.82) is 0 Å². The summed E-state index contributed by atoms with van der Waals surface area (Å²) in [6.45, 7) is 0. The summed E-state index contributed by atoms with van der Waals surface area (Å²) >= 11 is 0. The van der Waals surface area contributed by atoms with Crippen LogP contribution in [-0.4, -0.2) is 0 Å². The van der Waals surface area contributed by atoms with Crippen molar-refractivity contribution in [2.24, 2.45) is 0 Å². The van der Waals surface area contributed by atoms with E-state index in [1.54, 1.807) is 23.7 Å². The highest BCUT2D eigenvalue weighted by Crippen LogP contribution is 2.33. The molecule has 0 fully saturated rings. The predicted molar refractivity (Wildman–Crippen MR) is 141 cm³/mol. The van der Waals surface area contributed by atoms with Crippen molar-refractivity contribution in [3.63, 3.8) is 0 Å².